The van der Waals surface area contributed by atoms with Crippen molar-refractivity contribution in [2.24, 2.45) is 5.73 Å². The Kier molecular flexibility index (Phi) is 6.04. The molecule has 0 fully saturated rings. The van der Waals surface area contributed by atoms with E-state index in [2.05, 4.69) is 21.2 Å². The van der Waals surface area contributed by atoms with Crippen LogP contribution in [0, 0.1) is 0 Å². The number of carbonyl (C=O) groups is 2. The van der Waals surface area contributed by atoms with E-state index in [0.29, 0.717) is 0 Å². The van der Waals surface area contributed by atoms with Gasteiger partial charge in [0, 0.05) is 0 Å². The van der Waals surface area contributed by atoms with E-state index in [1.165, 1.54) is 0 Å². The molecule has 0 bridgehead atoms. The average Bonchev–Trinajstić information content (AvgIpc) is 2.70. The highest BCUT2D eigenvalue weighted by atomic mass is 79.9. The molecule has 0 radical (unpaired) electrons. The number of rotatable bonds is 5. The van der Waals surface area contributed by atoms with E-state index in [4.69, 9.17) is 5.73 Å². The fourth-order valence-corrected chi connectivity index (χ4v) is 9.45. The van der Waals surface area contributed by atoms with Gasteiger partial charge in [-0.15, -0.1) is 0 Å². The van der Waals surface area contributed by atoms with Gasteiger partial charge in [-0.2, -0.15) is 0 Å². The minimum atomic E-state index is -2.46. The fraction of sp³-hybridized carbons (Fsp3) is 0.0476. The first kappa shape index (κ1) is 19.3. The van der Waals surface area contributed by atoms with E-state index >= 15 is 0 Å². The van der Waals surface area contributed by atoms with Crippen LogP contribution >= 0.6 is 23.2 Å². The molecular weight excluding hydrogens is 423 g/mol. The van der Waals surface area contributed by atoms with E-state index in [1.807, 2.05) is 91.0 Å². The second-order valence-corrected chi connectivity index (χ2v) is 11.1. The highest BCUT2D eigenvalue weighted by Crippen LogP contribution is 2.61. The van der Waals surface area contributed by atoms with Crippen LogP contribution in [0.5, 0.6) is 0 Å². The van der Waals surface area contributed by atoms with E-state index in [1.54, 1.807) is 0 Å². The number of nitrogens with one attached hydrogen (secondary N) is 1. The summed E-state index contributed by atoms with van der Waals surface area (Å²) in [6.45, 7) is 0. The Morgan fingerprint density at radius 1 is 0.741 bits per heavy atom. The lowest BCUT2D eigenvalue weighted by molar-refractivity contribution is -0.118. The molecule has 4 nitrogen and oxygen atoms in total. The Balaban J connectivity index is 2.32. The van der Waals surface area contributed by atoms with Crippen molar-refractivity contribution in [2.45, 2.75) is 4.57 Å². The average molecular weight is 442 g/mol. The first-order valence-corrected chi connectivity index (χ1v) is 11.1. The molecule has 0 heterocycles. The standard InChI is InChI=1S/C21H18BrN2O2P/c22-19(20(25)24-21(23)26)27(16-10-4-1-5-11-16,17-12-6-2-7-13-17)18-14-8-3-9-15-18/h1-15,19H,(H2-,23,24,25,26)/p+1. The molecule has 0 aliphatic carbocycles. The maximum absolute atomic E-state index is 12.9. The predicted molar refractivity (Wildman–Crippen MR) is 116 cm³/mol. The molecule has 136 valence electrons. The zero-order chi connectivity index (χ0) is 19.3. The van der Waals surface area contributed by atoms with Crippen LogP contribution in [0.25, 0.3) is 0 Å². The second kappa shape index (κ2) is 8.47. The van der Waals surface area contributed by atoms with Gasteiger partial charge in [-0.3, -0.25) is 10.1 Å². The van der Waals surface area contributed by atoms with Crippen molar-refractivity contribution in [3.8, 4) is 0 Å². The van der Waals surface area contributed by atoms with Crippen LogP contribution in [0.2, 0.25) is 0 Å². The second-order valence-electron chi connectivity index (χ2n) is 5.92. The number of primary amides is 1. The van der Waals surface area contributed by atoms with Crippen LogP contribution in [-0.2, 0) is 4.79 Å². The van der Waals surface area contributed by atoms with Gasteiger partial charge in [0.15, 0.2) is 0 Å². The number of amides is 3. The SMILES string of the molecule is NC(=O)NC(=O)C(Br)[P+](c1ccccc1)(c1ccccc1)c1ccccc1. The quantitative estimate of drug-likeness (QED) is 0.471. The molecule has 27 heavy (non-hydrogen) atoms. The van der Waals surface area contributed by atoms with Gasteiger partial charge < -0.3 is 5.73 Å². The number of hydrogen-bond donors (Lipinski definition) is 2. The van der Waals surface area contributed by atoms with Gasteiger partial charge in [0.25, 0.3) is 5.91 Å². The Hall–Kier alpha value is -2.49. The Bertz CT molecular complexity index is 824. The van der Waals surface area contributed by atoms with E-state index in [0.717, 1.165) is 15.9 Å². The van der Waals surface area contributed by atoms with Crippen LogP contribution in [0.15, 0.2) is 91.0 Å². The zero-order valence-corrected chi connectivity index (χ0v) is 16.9. The summed E-state index contributed by atoms with van der Waals surface area (Å²) in [5, 5.41) is 5.33. The van der Waals surface area contributed by atoms with E-state index in [-0.39, 0.29) is 0 Å². The molecular formula is C21H19BrN2O2P+. The number of nitrogens with two attached hydrogens (primary N) is 1. The number of halogens is 1. The number of imide groups is 1. The summed E-state index contributed by atoms with van der Waals surface area (Å²) in [4.78, 5) is 24.2. The molecule has 3 aromatic rings. The number of urea groups is 1. The van der Waals surface area contributed by atoms with Gasteiger partial charge in [-0.05, 0) is 52.3 Å². The Morgan fingerprint density at radius 2 is 1.07 bits per heavy atom. The van der Waals surface area contributed by atoms with Crippen LogP contribution in [-0.4, -0.2) is 16.5 Å². The van der Waals surface area contributed by atoms with Crippen molar-refractivity contribution in [2.75, 3.05) is 0 Å². The van der Waals surface area contributed by atoms with Gasteiger partial charge in [-0.1, -0.05) is 54.6 Å². The molecule has 0 aliphatic rings. The molecule has 6 heteroatoms. The smallest absolute Gasteiger partial charge is 0.318 e. The lowest BCUT2D eigenvalue weighted by Gasteiger charge is -2.30. The summed E-state index contributed by atoms with van der Waals surface area (Å²) in [5.41, 5.74) is 5.21. The van der Waals surface area contributed by atoms with Crippen LogP contribution in [0.3, 0.4) is 0 Å². The summed E-state index contributed by atoms with van der Waals surface area (Å²) >= 11 is 3.64. The van der Waals surface area contributed by atoms with Gasteiger partial charge in [-0.25, -0.2) is 4.79 Å². The first-order valence-electron chi connectivity index (χ1n) is 8.36. The molecule has 3 amide bonds. The molecule has 3 rings (SSSR count). The molecule has 3 aromatic carbocycles. The highest BCUT2D eigenvalue weighted by molar-refractivity contribution is 9.11. The summed E-state index contributed by atoms with van der Waals surface area (Å²) in [5.74, 6) is -0.451. The molecule has 0 aromatic heterocycles. The Morgan fingerprint density at radius 3 is 1.37 bits per heavy atom. The van der Waals surface area contributed by atoms with Crippen molar-refractivity contribution in [1.29, 1.82) is 0 Å². The maximum atomic E-state index is 12.9. The monoisotopic (exact) mass is 441 g/mol. The van der Waals surface area contributed by atoms with Gasteiger partial charge in [0.2, 0.25) is 4.57 Å². The highest BCUT2D eigenvalue weighted by Gasteiger charge is 2.54. The first-order chi connectivity index (χ1) is 13.1. The summed E-state index contributed by atoms with van der Waals surface area (Å²) in [7, 11) is -2.46. The minimum absolute atomic E-state index is 0.451. The lowest BCUT2D eigenvalue weighted by Crippen LogP contribution is -2.46. The van der Waals surface area contributed by atoms with Gasteiger partial charge >= 0.3 is 6.03 Å². The van der Waals surface area contributed by atoms with E-state index < -0.39 is 23.8 Å². The van der Waals surface area contributed by atoms with Crippen molar-refractivity contribution in [1.82, 2.24) is 5.32 Å². The number of benzene rings is 3. The van der Waals surface area contributed by atoms with Crippen molar-refractivity contribution >= 4 is 51.0 Å². The van der Waals surface area contributed by atoms with Crippen LogP contribution in [0.1, 0.15) is 0 Å². The third-order valence-corrected chi connectivity index (χ3v) is 10.8. The summed E-state index contributed by atoms with van der Waals surface area (Å²) < 4.78 is -0.662. The van der Waals surface area contributed by atoms with Crippen LogP contribution < -0.4 is 27.0 Å². The molecule has 1 unspecified atom stereocenters. The predicted octanol–water partition coefficient (Wildman–Crippen LogP) is 2.90. The molecule has 1 atom stereocenters. The van der Waals surface area contributed by atoms with Gasteiger partial charge in [0.1, 0.15) is 23.2 Å². The largest absolute Gasteiger partial charge is 0.351 e. The zero-order valence-electron chi connectivity index (χ0n) is 14.5. The minimum Gasteiger partial charge on any atom is -0.351 e. The van der Waals surface area contributed by atoms with Crippen molar-refractivity contribution < 1.29 is 9.59 Å². The fourth-order valence-electron chi connectivity index (χ4n) is 3.19. The number of carbonyl (C=O) groups excluding carboxylic acids is 2. The topological polar surface area (TPSA) is 72.2 Å². The third kappa shape index (κ3) is 3.80. The van der Waals surface area contributed by atoms with Crippen molar-refractivity contribution in [3.05, 3.63) is 91.0 Å². The number of hydrogen-bond acceptors (Lipinski definition) is 2. The van der Waals surface area contributed by atoms with E-state index in [9.17, 15) is 9.59 Å². The Labute approximate surface area is 167 Å². The third-order valence-electron chi connectivity index (χ3n) is 4.29. The van der Waals surface area contributed by atoms with Crippen molar-refractivity contribution in [3.63, 3.8) is 0 Å². The lowest BCUT2D eigenvalue weighted by atomic mass is 10.4. The molecule has 0 aliphatic heterocycles. The maximum Gasteiger partial charge on any atom is 0.318 e. The summed E-state index contributed by atoms with van der Waals surface area (Å²) in [6.07, 6.45) is 0. The summed E-state index contributed by atoms with van der Waals surface area (Å²) in [6, 6.07) is 28.9. The molecule has 0 saturated heterocycles. The molecule has 0 saturated carbocycles. The normalized spacial score (nSPS) is 12.2. The molecule has 0 spiro atoms. The van der Waals surface area contributed by atoms with Gasteiger partial charge in [0.05, 0.1) is 0 Å². The molecule has 3 N–H and O–H groups in total. The van der Waals surface area contributed by atoms with Crippen LogP contribution in [0.4, 0.5) is 4.79 Å². The number of alkyl halides is 1.